The summed E-state index contributed by atoms with van der Waals surface area (Å²) in [6.45, 7) is 3.04. The maximum absolute atomic E-state index is 13.5. The number of ether oxygens (including phenoxy) is 1. The Morgan fingerprint density at radius 1 is 1.11 bits per heavy atom. The molecule has 28 heavy (non-hydrogen) atoms. The number of hydrogen-bond acceptors (Lipinski definition) is 4. The molecule has 2 amide bonds. The third kappa shape index (κ3) is 5.95. The summed E-state index contributed by atoms with van der Waals surface area (Å²) in [5.74, 6) is -6.07. The van der Waals surface area contributed by atoms with Crippen molar-refractivity contribution >= 4 is 23.5 Å². The molecule has 0 radical (unpaired) electrons. The molecule has 1 aliphatic rings. The largest absolute Gasteiger partial charge is 0.466 e. The Morgan fingerprint density at radius 3 is 2.43 bits per heavy atom. The Morgan fingerprint density at radius 2 is 1.79 bits per heavy atom. The lowest BCUT2D eigenvalue weighted by molar-refractivity contribution is -0.897. The molecular formula is C18H23F3N3O4+. The summed E-state index contributed by atoms with van der Waals surface area (Å²) in [5, 5.41) is 4.47. The molecule has 1 saturated heterocycles. The van der Waals surface area contributed by atoms with E-state index in [2.05, 4.69) is 10.6 Å². The predicted octanol–water partition coefficient (Wildman–Crippen LogP) is 0.0166. The van der Waals surface area contributed by atoms with Crippen LogP contribution in [-0.2, 0) is 19.1 Å². The standard InChI is InChI=1S/C18H22F3N3O4/c1-2-28-18(27)11-5-7-24(8-6-11)10-15(26)22-9-14(25)23-13-4-3-12(19)16(20)17(13)21/h3-4,11H,2,5-10H2,1H3,(H,22,26)(H,23,25)/p+1. The first kappa shape index (κ1) is 21.7. The number of hydrogen-bond donors (Lipinski definition) is 3. The maximum atomic E-state index is 13.5. The summed E-state index contributed by atoms with van der Waals surface area (Å²) in [6, 6.07) is 1.58. The summed E-state index contributed by atoms with van der Waals surface area (Å²) in [6.07, 6.45) is 1.24. The number of carbonyl (C=O) groups is 3. The van der Waals surface area contributed by atoms with E-state index < -0.39 is 35.6 Å². The van der Waals surface area contributed by atoms with Crippen LogP contribution in [0.3, 0.4) is 0 Å². The van der Waals surface area contributed by atoms with E-state index in [9.17, 15) is 27.6 Å². The van der Waals surface area contributed by atoms with Gasteiger partial charge in [-0.3, -0.25) is 14.4 Å². The van der Waals surface area contributed by atoms with E-state index in [4.69, 9.17) is 4.74 Å². The molecule has 0 bridgehead atoms. The Labute approximate surface area is 160 Å². The van der Waals surface area contributed by atoms with Crippen LogP contribution in [0.25, 0.3) is 0 Å². The minimum atomic E-state index is -1.68. The topological polar surface area (TPSA) is 88.9 Å². The number of rotatable bonds is 7. The van der Waals surface area contributed by atoms with Crippen LogP contribution in [-0.4, -0.2) is 50.6 Å². The van der Waals surface area contributed by atoms with Crippen LogP contribution in [0, 0.1) is 23.4 Å². The van der Waals surface area contributed by atoms with Crippen molar-refractivity contribution in [2.24, 2.45) is 5.92 Å². The quantitative estimate of drug-likeness (QED) is 0.443. The molecule has 0 saturated carbocycles. The Kier molecular flexibility index (Phi) is 7.80. The van der Waals surface area contributed by atoms with Gasteiger partial charge in [-0.05, 0) is 19.1 Å². The number of benzene rings is 1. The second-order valence-electron chi connectivity index (χ2n) is 6.50. The van der Waals surface area contributed by atoms with Crippen molar-refractivity contribution in [2.45, 2.75) is 19.8 Å². The average Bonchev–Trinajstić information content (AvgIpc) is 2.67. The number of nitrogens with one attached hydrogen (secondary N) is 3. The lowest BCUT2D eigenvalue weighted by Crippen LogP contribution is -3.14. The molecule has 3 N–H and O–H groups in total. The molecule has 1 heterocycles. The smallest absolute Gasteiger partial charge is 0.309 e. The fraction of sp³-hybridized carbons (Fsp3) is 0.500. The van der Waals surface area contributed by atoms with Gasteiger partial charge in [-0.25, -0.2) is 13.2 Å². The van der Waals surface area contributed by atoms with Gasteiger partial charge in [0.25, 0.3) is 5.91 Å². The van der Waals surface area contributed by atoms with Crippen LogP contribution < -0.4 is 15.5 Å². The van der Waals surface area contributed by atoms with E-state index in [0.29, 0.717) is 38.6 Å². The molecule has 1 aliphatic heterocycles. The highest BCUT2D eigenvalue weighted by molar-refractivity contribution is 5.94. The van der Waals surface area contributed by atoms with Gasteiger partial charge in [0.15, 0.2) is 24.0 Å². The zero-order valence-electron chi connectivity index (χ0n) is 15.4. The molecule has 0 aromatic heterocycles. The fourth-order valence-corrected chi connectivity index (χ4v) is 2.98. The van der Waals surface area contributed by atoms with Crippen molar-refractivity contribution in [1.82, 2.24) is 5.32 Å². The van der Waals surface area contributed by atoms with Crippen molar-refractivity contribution in [3.8, 4) is 0 Å². The number of likely N-dealkylation sites (tertiary alicyclic amines) is 1. The van der Waals surface area contributed by atoms with Crippen molar-refractivity contribution in [3.63, 3.8) is 0 Å². The number of esters is 1. The molecule has 7 nitrogen and oxygen atoms in total. The van der Waals surface area contributed by atoms with E-state index in [-0.39, 0.29) is 24.3 Å². The Hall–Kier alpha value is -2.62. The number of amides is 2. The summed E-state index contributed by atoms with van der Waals surface area (Å²) in [7, 11) is 0. The molecule has 1 aromatic rings. The summed E-state index contributed by atoms with van der Waals surface area (Å²) in [4.78, 5) is 36.4. The normalized spacial score (nSPS) is 19.0. The van der Waals surface area contributed by atoms with E-state index in [0.717, 1.165) is 11.0 Å². The Bertz CT molecular complexity index is 737. The van der Waals surface area contributed by atoms with Gasteiger partial charge in [0.2, 0.25) is 5.91 Å². The van der Waals surface area contributed by atoms with E-state index in [1.807, 2.05) is 0 Å². The number of carbonyl (C=O) groups excluding carboxylic acids is 3. The molecule has 0 atom stereocenters. The molecule has 154 valence electrons. The van der Waals surface area contributed by atoms with Crippen LogP contribution in [0.4, 0.5) is 18.9 Å². The van der Waals surface area contributed by atoms with E-state index in [1.165, 1.54) is 0 Å². The van der Waals surface area contributed by atoms with Crippen molar-refractivity contribution in [1.29, 1.82) is 0 Å². The van der Waals surface area contributed by atoms with Crippen LogP contribution in [0.1, 0.15) is 19.8 Å². The van der Waals surface area contributed by atoms with Gasteiger partial charge in [-0.1, -0.05) is 0 Å². The second kappa shape index (κ2) is 10.1. The van der Waals surface area contributed by atoms with Gasteiger partial charge in [-0.15, -0.1) is 0 Å². The number of quaternary nitrogens is 1. The van der Waals surface area contributed by atoms with Gasteiger partial charge in [0.05, 0.1) is 37.8 Å². The number of halogens is 3. The van der Waals surface area contributed by atoms with E-state index in [1.54, 1.807) is 6.92 Å². The van der Waals surface area contributed by atoms with Crippen LogP contribution >= 0.6 is 0 Å². The molecule has 0 aliphatic carbocycles. The lowest BCUT2D eigenvalue weighted by atomic mass is 9.97. The predicted molar refractivity (Wildman–Crippen MR) is 92.9 cm³/mol. The van der Waals surface area contributed by atoms with Gasteiger partial charge >= 0.3 is 5.97 Å². The summed E-state index contributed by atoms with van der Waals surface area (Å²) in [5.41, 5.74) is -0.509. The molecular weight excluding hydrogens is 379 g/mol. The highest BCUT2D eigenvalue weighted by atomic mass is 19.2. The van der Waals surface area contributed by atoms with Crippen LogP contribution in [0.2, 0.25) is 0 Å². The van der Waals surface area contributed by atoms with Gasteiger partial charge in [0, 0.05) is 12.8 Å². The van der Waals surface area contributed by atoms with Crippen molar-refractivity contribution in [2.75, 3.05) is 38.1 Å². The first-order valence-electron chi connectivity index (χ1n) is 9.02. The minimum absolute atomic E-state index is 0.127. The van der Waals surface area contributed by atoms with Gasteiger partial charge < -0.3 is 20.3 Å². The monoisotopic (exact) mass is 402 g/mol. The van der Waals surface area contributed by atoms with Crippen molar-refractivity contribution < 1.29 is 37.2 Å². The van der Waals surface area contributed by atoms with Crippen LogP contribution in [0.15, 0.2) is 12.1 Å². The summed E-state index contributed by atoms with van der Waals surface area (Å²) >= 11 is 0. The van der Waals surface area contributed by atoms with E-state index >= 15 is 0 Å². The SMILES string of the molecule is CCOC(=O)C1CC[NH+](CC(=O)NCC(=O)Nc2ccc(F)c(F)c2F)CC1. The molecule has 0 unspecified atom stereocenters. The lowest BCUT2D eigenvalue weighted by Gasteiger charge is -2.27. The minimum Gasteiger partial charge on any atom is -0.466 e. The van der Waals surface area contributed by atoms with Gasteiger partial charge in [0.1, 0.15) is 0 Å². The molecule has 1 fully saturated rings. The third-order valence-electron chi connectivity index (χ3n) is 4.48. The number of anilines is 1. The maximum Gasteiger partial charge on any atom is 0.309 e. The highest BCUT2D eigenvalue weighted by Gasteiger charge is 2.29. The zero-order chi connectivity index (χ0) is 20.7. The van der Waals surface area contributed by atoms with Gasteiger partial charge in [-0.2, -0.15) is 0 Å². The second-order valence-corrected chi connectivity index (χ2v) is 6.50. The summed E-state index contributed by atoms with van der Waals surface area (Å²) < 4.78 is 44.5. The van der Waals surface area contributed by atoms with Crippen LogP contribution in [0.5, 0.6) is 0 Å². The molecule has 0 spiro atoms. The third-order valence-corrected chi connectivity index (χ3v) is 4.48. The first-order valence-corrected chi connectivity index (χ1v) is 9.02. The molecule has 1 aromatic carbocycles. The zero-order valence-corrected chi connectivity index (χ0v) is 15.4. The molecule has 10 heteroatoms. The number of piperidine rings is 1. The van der Waals surface area contributed by atoms with Crippen molar-refractivity contribution in [3.05, 3.63) is 29.6 Å². The highest BCUT2D eigenvalue weighted by Crippen LogP contribution is 2.19. The first-order chi connectivity index (χ1) is 13.3. The molecule has 2 rings (SSSR count). The fourth-order valence-electron chi connectivity index (χ4n) is 2.98. The average molecular weight is 402 g/mol. The Balaban J connectivity index is 1.72.